The highest BCUT2D eigenvalue weighted by Gasteiger charge is 2.52. The minimum absolute atomic E-state index is 0. The second kappa shape index (κ2) is 6.52. The fraction of sp³-hybridized carbons (Fsp3) is 0.625. The molecular weight excluding hydrogens is 302 g/mol. The molecule has 1 aromatic heterocycles. The quantitative estimate of drug-likeness (QED) is 0.920. The van der Waals surface area contributed by atoms with Crippen molar-refractivity contribution in [3.05, 3.63) is 29.6 Å². The van der Waals surface area contributed by atoms with Crippen molar-refractivity contribution in [1.82, 2.24) is 9.88 Å². The SMILES string of the molecule is CO[C@]1(c2ccnc(C(N)=O)c2)[C@@H]2CCC[C@H]1CN(C)C2.Cl. The van der Waals surface area contributed by atoms with Gasteiger partial charge in [-0.1, -0.05) is 6.42 Å². The molecule has 122 valence electrons. The number of halogens is 1. The van der Waals surface area contributed by atoms with Crippen LogP contribution in [0.1, 0.15) is 35.3 Å². The zero-order valence-electron chi connectivity index (χ0n) is 13.1. The van der Waals surface area contributed by atoms with Gasteiger partial charge < -0.3 is 15.4 Å². The van der Waals surface area contributed by atoms with Crippen LogP contribution in [0.2, 0.25) is 0 Å². The van der Waals surface area contributed by atoms with Crippen molar-refractivity contribution in [2.24, 2.45) is 17.6 Å². The summed E-state index contributed by atoms with van der Waals surface area (Å²) in [5.41, 5.74) is 6.45. The minimum atomic E-state index is -0.485. The van der Waals surface area contributed by atoms with Crippen LogP contribution in [0.3, 0.4) is 0 Å². The highest BCUT2D eigenvalue weighted by Crippen LogP contribution is 2.51. The lowest BCUT2D eigenvalue weighted by atomic mass is 9.62. The van der Waals surface area contributed by atoms with Crippen LogP contribution in [0.4, 0.5) is 0 Å². The first-order valence-electron chi connectivity index (χ1n) is 7.58. The van der Waals surface area contributed by atoms with Crippen LogP contribution >= 0.6 is 12.4 Å². The van der Waals surface area contributed by atoms with Gasteiger partial charge in [0, 0.05) is 38.2 Å². The van der Waals surface area contributed by atoms with Crippen LogP contribution < -0.4 is 5.73 Å². The molecule has 2 bridgehead atoms. The molecule has 2 N–H and O–H groups in total. The van der Waals surface area contributed by atoms with Gasteiger partial charge in [-0.15, -0.1) is 12.4 Å². The van der Waals surface area contributed by atoms with Crippen LogP contribution in [0.25, 0.3) is 0 Å². The van der Waals surface area contributed by atoms with Gasteiger partial charge in [-0.05, 0) is 37.6 Å². The summed E-state index contributed by atoms with van der Waals surface area (Å²) in [5.74, 6) is 0.410. The Morgan fingerprint density at radius 2 is 2.05 bits per heavy atom. The first kappa shape index (κ1) is 17.2. The van der Waals surface area contributed by atoms with E-state index in [0.29, 0.717) is 17.5 Å². The van der Waals surface area contributed by atoms with Gasteiger partial charge in [0.05, 0.1) is 0 Å². The molecule has 1 saturated heterocycles. The van der Waals surface area contributed by atoms with Crippen LogP contribution in [0.5, 0.6) is 0 Å². The van der Waals surface area contributed by atoms with Crippen LogP contribution in [-0.2, 0) is 10.3 Å². The molecule has 0 aromatic carbocycles. The van der Waals surface area contributed by atoms with E-state index >= 15 is 0 Å². The predicted octanol–water partition coefficient (Wildman–Crippen LogP) is 1.81. The fourth-order valence-corrected chi connectivity index (χ4v) is 4.38. The highest BCUT2D eigenvalue weighted by molar-refractivity contribution is 5.90. The van der Waals surface area contributed by atoms with E-state index < -0.39 is 5.91 Å². The molecule has 0 spiro atoms. The number of hydrogen-bond acceptors (Lipinski definition) is 4. The summed E-state index contributed by atoms with van der Waals surface area (Å²) in [6.07, 6.45) is 5.23. The molecule has 6 heteroatoms. The van der Waals surface area contributed by atoms with Crippen molar-refractivity contribution in [2.45, 2.75) is 24.9 Å². The third kappa shape index (κ3) is 2.62. The molecule has 22 heavy (non-hydrogen) atoms. The van der Waals surface area contributed by atoms with Crippen molar-refractivity contribution >= 4 is 18.3 Å². The smallest absolute Gasteiger partial charge is 0.267 e. The molecule has 0 radical (unpaired) electrons. The molecule has 2 heterocycles. The van der Waals surface area contributed by atoms with Crippen molar-refractivity contribution < 1.29 is 9.53 Å². The van der Waals surface area contributed by atoms with Crippen molar-refractivity contribution in [1.29, 1.82) is 0 Å². The first-order valence-corrected chi connectivity index (χ1v) is 7.58. The fourth-order valence-electron chi connectivity index (χ4n) is 4.38. The molecule has 3 rings (SSSR count). The molecule has 1 amide bonds. The van der Waals surface area contributed by atoms with E-state index in [-0.39, 0.29) is 18.0 Å². The molecule has 0 unspecified atom stereocenters. The van der Waals surface area contributed by atoms with Gasteiger partial charge in [-0.2, -0.15) is 0 Å². The number of ether oxygens (including phenoxy) is 1. The van der Waals surface area contributed by atoms with E-state index in [9.17, 15) is 4.79 Å². The summed E-state index contributed by atoms with van der Waals surface area (Å²) < 4.78 is 6.11. The average Bonchev–Trinajstić information content (AvgIpc) is 2.46. The second-order valence-corrected chi connectivity index (χ2v) is 6.34. The summed E-state index contributed by atoms with van der Waals surface area (Å²) in [7, 11) is 3.97. The zero-order valence-corrected chi connectivity index (χ0v) is 13.9. The molecule has 5 nitrogen and oxygen atoms in total. The maximum absolute atomic E-state index is 11.4. The summed E-state index contributed by atoms with van der Waals surface area (Å²) in [6.45, 7) is 2.05. The number of piperidine rings is 1. The Balaban J connectivity index is 0.00000176. The Kier molecular flexibility index (Phi) is 5.10. The number of pyridine rings is 1. The number of rotatable bonds is 3. The summed E-state index contributed by atoms with van der Waals surface area (Å²) in [5, 5.41) is 0. The van der Waals surface area contributed by atoms with E-state index in [4.69, 9.17) is 10.5 Å². The molecule has 3 atom stereocenters. The number of nitrogens with two attached hydrogens (primary N) is 1. The average molecular weight is 326 g/mol. The van der Waals surface area contributed by atoms with E-state index in [0.717, 1.165) is 31.5 Å². The normalized spacial score (nSPS) is 31.4. The Bertz CT molecular complexity index is 538. The molecule has 2 fully saturated rings. The zero-order chi connectivity index (χ0) is 15.0. The third-order valence-corrected chi connectivity index (χ3v) is 5.18. The number of likely N-dealkylation sites (tertiary alicyclic amines) is 1. The lowest BCUT2D eigenvalue weighted by Gasteiger charge is -2.54. The number of carbonyl (C=O) groups excluding carboxylic acids is 1. The van der Waals surface area contributed by atoms with Crippen LogP contribution in [-0.4, -0.2) is 43.0 Å². The predicted molar refractivity (Wildman–Crippen MR) is 87.0 cm³/mol. The highest BCUT2D eigenvalue weighted by atomic mass is 35.5. The van der Waals surface area contributed by atoms with Crippen molar-refractivity contribution in [2.75, 3.05) is 27.2 Å². The van der Waals surface area contributed by atoms with Gasteiger partial charge >= 0.3 is 0 Å². The largest absolute Gasteiger partial charge is 0.373 e. The summed E-state index contributed by atoms with van der Waals surface area (Å²) >= 11 is 0. The number of methoxy groups -OCH3 is 1. The number of aromatic nitrogens is 1. The van der Waals surface area contributed by atoms with E-state index in [1.54, 1.807) is 13.3 Å². The van der Waals surface area contributed by atoms with E-state index in [2.05, 4.69) is 16.9 Å². The topological polar surface area (TPSA) is 68.5 Å². The van der Waals surface area contributed by atoms with Gasteiger partial charge in [0.25, 0.3) is 5.91 Å². The van der Waals surface area contributed by atoms with E-state index in [1.807, 2.05) is 12.1 Å². The standard InChI is InChI=1S/C16H23N3O2.ClH/c1-19-9-12-4-3-5-13(10-19)16(12,21-2)11-6-7-18-14(8-11)15(17)20;/h6-8,12-13H,3-5,9-10H2,1-2H3,(H2,17,20);1H/t12-,13+,16-;. The Labute approximate surface area is 137 Å². The van der Waals surface area contributed by atoms with Crippen LogP contribution in [0, 0.1) is 11.8 Å². The van der Waals surface area contributed by atoms with Gasteiger partial charge in [0.2, 0.25) is 0 Å². The van der Waals surface area contributed by atoms with Gasteiger partial charge in [-0.25, -0.2) is 0 Å². The van der Waals surface area contributed by atoms with Gasteiger partial charge in [0.1, 0.15) is 11.3 Å². The van der Waals surface area contributed by atoms with Crippen molar-refractivity contribution in [3.63, 3.8) is 0 Å². The molecule has 1 aliphatic carbocycles. The van der Waals surface area contributed by atoms with Gasteiger partial charge in [-0.3, -0.25) is 9.78 Å². The molecule has 2 aliphatic rings. The summed E-state index contributed by atoms with van der Waals surface area (Å²) in [4.78, 5) is 17.9. The number of primary amides is 1. The molecule has 1 saturated carbocycles. The van der Waals surface area contributed by atoms with Crippen molar-refractivity contribution in [3.8, 4) is 0 Å². The summed E-state index contributed by atoms with van der Waals surface area (Å²) in [6, 6.07) is 3.80. The molecule has 1 aromatic rings. The Hall–Kier alpha value is -1.17. The van der Waals surface area contributed by atoms with E-state index in [1.165, 1.54) is 6.42 Å². The van der Waals surface area contributed by atoms with Gasteiger partial charge in [0.15, 0.2) is 0 Å². The Morgan fingerprint density at radius 3 is 2.59 bits per heavy atom. The second-order valence-electron chi connectivity index (χ2n) is 6.34. The number of fused-ring (bicyclic) bond motifs is 2. The monoisotopic (exact) mass is 325 g/mol. The number of nitrogens with zero attached hydrogens (tertiary/aromatic N) is 2. The van der Waals surface area contributed by atoms with Crippen LogP contribution in [0.15, 0.2) is 18.3 Å². The number of carbonyl (C=O) groups is 1. The maximum atomic E-state index is 11.4. The number of amides is 1. The molecular formula is C16H24ClN3O2. The first-order chi connectivity index (χ1) is 10.1. The molecule has 1 aliphatic heterocycles. The maximum Gasteiger partial charge on any atom is 0.267 e. The third-order valence-electron chi connectivity index (χ3n) is 5.18. The lowest BCUT2D eigenvalue weighted by Crippen LogP contribution is -2.58. The number of hydrogen-bond donors (Lipinski definition) is 1. The minimum Gasteiger partial charge on any atom is -0.373 e. The Morgan fingerprint density at radius 1 is 1.41 bits per heavy atom. The lowest BCUT2D eigenvalue weighted by molar-refractivity contribution is -0.165.